The molecule has 0 atom stereocenters. The number of allylic oxidation sites excluding steroid dienone is 2. The zero-order chi connectivity index (χ0) is 21.2. The molecule has 29 heavy (non-hydrogen) atoms. The van der Waals surface area contributed by atoms with Crippen LogP contribution in [-0.2, 0) is 19.4 Å². The van der Waals surface area contributed by atoms with E-state index in [0.717, 1.165) is 25.7 Å². The van der Waals surface area contributed by atoms with Gasteiger partial charge in [0, 0.05) is 18.9 Å². The van der Waals surface area contributed by atoms with E-state index in [9.17, 15) is 18.0 Å². The first-order valence-corrected chi connectivity index (χ1v) is 11.9. The van der Waals surface area contributed by atoms with Crippen LogP contribution in [0.5, 0.6) is 5.75 Å². The molecule has 0 spiro atoms. The second-order valence-corrected chi connectivity index (χ2v) is 9.98. The van der Waals surface area contributed by atoms with Gasteiger partial charge < -0.3 is 9.47 Å². The van der Waals surface area contributed by atoms with Gasteiger partial charge >= 0.3 is 5.97 Å². The lowest BCUT2D eigenvalue weighted by atomic mass is 9.95. The van der Waals surface area contributed by atoms with Crippen LogP contribution in [0.15, 0.2) is 22.8 Å². The minimum atomic E-state index is -3.63. The number of hydrogen-bond donors (Lipinski definition) is 0. The van der Waals surface area contributed by atoms with E-state index in [1.165, 1.54) is 19.3 Å². The maximum atomic E-state index is 12.8. The monoisotopic (exact) mass is 440 g/mol. The Morgan fingerprint density at radius 3 is 2.48 bits per heavy atom. The van der Waals surface area contributed by atoms with Gasteiger partial charge in [0.1, 0.15) is 16.4 Å². The molecule has 6 nitrogen and oxygen atoms in total. The van der Waals surface area contributed by atoms with Crippen molar-refractivity contribution in [1.29, 1.82) is 0 Å². The lowest BCUT2D eigenvalue weighted by Gasteiger charge is -2.22. The Bertz CT molecular complexity index is 958. The van der Waals surface area contributed by atoms with Gasteiger partial charge in [0.2, 0.25) is 0 Å². The largest absolute Gasteiger partial charge is 0.495 e. The molecular formula is C21H25ClO6S. The fraction of sp³-hybridized carbons (Fsp3) is 0.524. The number of halogens is 1. The highest BCUT2D eigenvalue weighted by Gasteiger charge is 2.34. The molecule has 0 radical (unpaired) electrons. The molecule has 1 fully saturated rings. The molecule has 0 saturated heterocycles. The summed E-state index contributed by atoms with van der Waals surface area (Å²) in [7, 11) is -2.26. The normalized spacial score (nSPS) is 17.9. The predicted molar refractivity (Wildman–Crippen MR) is 109 cm³/mol. The molecule has 0 aliphatic heterocycles. The number of rotatable bonds is 6. The van der Waals surface area contributed by atoms with Crippen molar-refractivity contribution < 1.29 is 27.5 Å². The number of ketones is 1. The van der Waals surface area contributed by atoms with E-state index in [1.807, 2.05) is 0 Å². The molecular weight excluding hydrogens is 416 g/mol. The Hall–Kier alpha value is -1.86. The van der Waals surface area contributed by atoms with E-state index < -0.39 is 15.8 Å². The van der Waals surface area contributed by atoms with E-state index >= 15 is 0 Å². The van der Waals surface area contributed by atoms with Gasteiger partial charge in [-0.25, -0.2) is 13.2 Å². The average molecular weight is 441 g/mol. The van der Waals surface area contributed by atoms with Crippen LogP contribution in [-0.4, -0.2) is 33.0 Å². The number of ether oxygens (including phenoxy) is 2. The van der Waals surface area contributed by atoms with Crippen molar-refractivity contribution in [3.8, 4) is 5.75 Å². The summed E-state index contributed by atoms with van der Waals surface area (Å²) in [5, 5.41) is 0.0949. The number of methoxy groups -OCH3 is 1. The van der Waals surface area contributed by atoms with E-state index in [0.29, 0.717) is 30.6 Å². The maximum absolute atomic E-state index is 12.8. The minimum absolute atomic E-state index is 0.0550. The van der Waals surface area contributed by atoms with Gasteiger partial charge in [0.15, 0.2) is 15.6 Å². The molecule has 0 N–H and O–H groups in total. The standard InChI is InChI=1S/C21H25ClO6S/c1-3-29(25,26)20-17(27-2)12-16(19(22)18(20)13-7-4-5-8-13)21(24)28-15-10-6-9-14(23)11-15/h11-13H,3-10H2,1-2H3. The van der Waals surface area contributed by atoms with Crippen molar-refractivity contribution in [3.05, 3.63) is 34.1 Å². The van der Waals surface area contributed by atoms with Crippen molar-refractivity contribution in [1.82, 2.24) is 0 Å². The molecule has 158 valence electrons. The molecule has 2 aliphatic carbocycles. The van der Waals surface area contributed by atoms with Gasteiger partial charge in [-0.05, 0) is 36.8 Å². The SMILES string of the molecule is CCS(=O)(=O)c1c(OC)cc(C(=O)OC2=CC(=O)CCC2)c(Cl)c1C1CCCC1. The van der Waals surface area contributed by atoms with Gasteiger partial charge in [-0.3, -0.25) is 4.79 Å². The van der Waals surface area contributed by atoms with Crippen LogP contribution in [0.1, 0.15) is 73.7 Å². The number of sulfone groups is 1. The van der Waals surface area contributed by atoms with Crippen LogP contribution in [0.25, 0.3) is 0 Å². The van der Waals surface area contributed by atoms with Crippen molar-refractivity contribution in [2.75, 3.05) is 12.9 Å². The van der Waals surface area contributed by atoms with Gasteiger partial charge in [0.25, 0.3) is 0 Å². The Morgan fingerprint density at radius 2 is 1.90 bits per heavy atom. The molecule has 1 aromatic carbocycles. The molecule has 0 aromatic heterocycles. The summed E-state index contributed by atoms with van der Waals surface area (Å²) in [5.74, 6) is -0.561. The van der Waals surface area contributed by atoms with Crippen LogP contribution >= 0.6 is 11.6 Å². The minimum Gasteiger partial charge on any atom is -0.495 e. The third kappa shape index (κ3) is 4.51. The zero-order valence-corrected chi connectivity index (χ0v) is 18.2. The fourth-order valence-corrected chi connectivity index (χ4v) is 5.77. The topological polar surface area (TPSA) is 86.7 Å². The van der Waals surface area contributed by atoms with Crippen molar-refractivity contribution in [2.45, 2.75) is 62.7 Å². The molecule has 3 rings (SSSR count). The van der Waals surface area contributed by atoms with Crippen LogP contribution in [0.3, 0.4) is 0 Å². The fourth-order valence-electron chi connectivity index (χ4n) is 4.00. The van der Waals surface area contributed by atoms with Crippen LogP contribution in [0.4, 0.5) is 0 Å². The summed E-state index contributed by atoms with van der Waals surface area (Å²) in [6, 6.07) is 1.33. The maximum Gasteiger partial charge on any atom is 0.344 e. The molecule has 1 saturated carbocycles. The summed E-state index contributed by atoms with van der Waals surface area (Å²) in [6.45, 7) is 1.57. The highest BCUT2D eigenvalue weighted by molar-refractivity contribution is 7.91. The molecule has 0 bridgehead atoms. The number of carbonyl (C=O) groups excluding carboxylic acids is 2. The highest BCUT2D eigenvalue weighted by atomic mass is 35.5. The molecule has 8 heteroatoms. The summed E-state index contributed by atoms with van der Waals surface area (Å²) < 4.78 is 36.5. The van der Waals surface area contributed by atoms with Gasteiger partial charge in [-0.1, -0.05) is 31.4 Å². The molecule has 0 unspecified atom stereocenters. The molecule has 0 heterocycles. The van der Waals surface area contributed by atoms with E-state index in [2.05, 4.69) is 0 Å². The summed E-state index contributed by atoms with van der Waals surface area (Å²) >= 11 is 6.62. The van der Waals surface area contributed by atoms with Crippen molar-refractivity contribution in [2.24, 2.45) is 0 Å². The lowest BCUT2D eigenvalue weighted by molar-refractivity contribution is -0.115. The number of carbonyl (C=O) groups is 2. The Balaban J connectivity index is 2.12. The highest BCUT2D eigenvalue weighted by Crippen LogP contribution is 2.46. The van der Waals surface area contributed by atoms with Crippen molar-refractivity contribution >= 4 is 33.2 Å². The average Bonchev–Trinajstić information content (AvgIpc) is 3.21. The van der Waals surface area contributed by atoms with E-state index in [4.69, 9.17) is 21.1 Å². The Kier molecular flexibility index (Phi) is 6.69. The predicted octanol–water partition coefficient (Wildman–Crippen LogP) is 4.59. The third-order valence-electron chi connectivity index (χ3n) is 5.50. The quantitative estimate of drug-likeness (QED) is 0.601. The smallest absolute Gasteiger partial charge is 0.344 e. The van der Waals surface area contributed by atoms with Crippen LogP contribution < -0.4 is 4.74 Å². The number of benzene rings is 1. The first-order chi connectivity index (χ1) is 13.8. The van der Waals surface area contributed by atoms with Gasteiger partial charge in [-0.15, -0.1) is 0 Å². The van der Waals surface area contributed by atoms with Gasteiger partial charge in [-0.2, -0.15) is 0 Å². The van der Waals surface area contributed by atoms with E-state index in [1.54, 1.807) is 6.92 Å². The Morgan fingerprint density at radius 1 is 1.21 bits per heavy atom. The zero-order valence-electron chi connectivity index (χ0n) is 16.6. The Labute approximate surface area is 176 Å². The second kappa shape index (κ2) is 8.88. The summed E-state index contributed by atoms with van der Waals surface area (Å²) in [4.78, 5) is 24.5. The number of esters is 1. The lowest BCUT2D eigenvalue weighted by Crippen LogP contribution is -2.16. The summed E-state index contributed by atoms with van der Waals surface area (Å²) in [5.41, 5.74) is 0.505. The number of hydrogen-bond acceptors (Lipinski definition) is 6. The molecule has 0 amide bonds. The molecule has 1 aromatic rings. The first kappa shape index (κ1) is 21.8. The second-order valence-electron chi connectivity index (χ2n) is 7.39. The van der Waals surface area contributed by atoms with Crippen molar-refractivity contribution in [3.63, 3.8) is 0 Å². The third-order valence-corrected chi connectivity index (χ3v) is 7.71. The van der Waals surface area contributed by atoms with Crippen LogP contribution in [0.2, 0.25) is 5.02 Å². The van der Waals surface area contributed by atoms with Crippen LogP contribution in [0, 0.1) is 0 Å². The van der Waals surface area contributed by atoms with Gasteiger partial charge in [0.05, 0.1) is 23.4 Å². The van der Waals surface area contributed by atoms with E-state index in [-0.39, 0.29) is 38.7 Å². The summed E-state index contributed by atoms with van der Waals surface area (Å²) in [6.07, 6.45) is 6.42. The first-order valence-electron chi connectivity index (χ1n) is 9.87. The molecule has 2 aliphatic rings.